The van der Waals surface area contributed by atoms with Crippen molar-refractivity contribution in [2.24, 2.45) is 5.92 Å². The third-order valence-electron chi connectivity index (χ3n) is 1.55. The van der Waals surface area contributed by atoms with Crippen LogP contribution >= 0.6 is 47.8 Å². The number of hydrogen-bond acceptors (Lipinski definition) is 0. The Hall–Kier alpha value is 1.44. The van der Waals surface area contributed by atoms with Crippen LogP contribution in [-0.4, -0.2) is 16.0 Å². The molecule has 0 rings (SSSR count). The molecule has 0 radical (unpaired) electrons. The summed E-state index contributed by atoms with van der Waals surface area (Å²) >= 11 is 10.4. The zero-order valence-corrected chi connectivity index (χ0v) is 10.7. The molecule has 0 amide bonds. The van der Waals surface area contributed by atoms with Crippen LogP contribution in [0.1, 0.15) is 19.3 Å². The molecule has 0 aliphatic heterocycles. The standard InChI is InChI=1S/C7H13Br3/c8-4-1-7(2-5-9)3-6-10/h7H,1-6H2. The van der Waals surface area contributed by atoms with Gasteiger partial charge in [0.1, 0.15) is 0 Å². The molecule has 0 saturated carbocycles. The molecule has 0 nitrogen and oxygen atoms in total. The van der Waals surface area contributed by atoms with Gasteiger partial charge in [0.2, 0.25) is 0 Å². The molecule has 0 atom stereocenters. The Balaban J connectivity index is 3.30. The van der Waals surface area contributed by atoms with E-state index < -0.39 is 0 Å². The average Bonchev–Trinajstić information content (AvgIpc) is 1.90. The first-order chi connectivity index (χ1) is 4.85. The van der Waals surface area contributed by atoms with Crippen LogP contribution < -0.4 is 0 Å². The highest BCUT2D eigenvalue weighted by Crippen LogP contribution is 2.16. The molecule has 3 heteroatoms. The van der Waals surface area contributed by atoms with Gasteiger partial charge >= 0.3 is 0 Å². The molecule has 0 heterocycles. The Bertz CT molecular complexity index is 51.6. The Morgan fingerprint density at radius 2 is 1.00 bits per heavy atom. The molecule has 0 aliphatic carbocycles. The van der Waals surface area contributed by atoms with Crippen molar-refractivity contribution < 1.29 is 0 Å². The van der Waals surface area contributed by atoms with Gasteiger partial charge in [-0.2, -0.15) is 0 Å². The highest BCUT2D eigenvalue weighted by Gasteiger charge is 2.05. The fraction of sp³-hybridized carbons (Fsp3) is 1.00. The third kappa shape index (κ3) is 6.17. The topological polar surface area (TPSA) is 0 Å². The molecule has 0 aliphatic rings. The highest BCUT2D eigenvalue weighted by molar-refractivity contribution is 9.09. The van der Waals surface area contributed by atoms with E-state index in [0.717, 1.165) is 21.9 Å². The maximum Gasteiger partial charge on any atom is 0.00339 e. The molecular formula is C7H13Br3. The maximum atomic E-state index is 3.46. The molecule has 0 fully saturated rings. The first kappa shape index (κ1) is 11.4. The quantitative estimate of drug-likeness (QED) is 0.644. The largest absolute Gasteiger partial charge is 0.0928 e. The predicted molar refractivity (Wildman–Crippen MR) is 58.7 cm³/mol. The van der Waals surface area contributed by atoms with Gasteiger partial charge in [-0.15, -0.1) is 0 Å². The Morgan fingerprint density at radius 3 is 1.20 bits per heavy atom. The lowest BCUT2D eigenvalue weighted by atomic mass is 10.0. The van der Waals surface area contributed by atoms with Gasteiger partial charge in [0.25, 0.3) is 0 Å². The summed E-state index contributed by atoms with van der Waals surface area (Å²) in [6.07, 6.45) is 3.91. The van der Waals surface area contributed by atoms with Crippen molar-refractivity contribution in [2.75, 3.05) is 16.0 Å². The molecule has 0 bridgehead atoms. The van der Waals surface area contributed by atoms with Gasteiger partial charge in [-0.05, 0) is 25.2 Å². The molecule has 0 saturated heterocycles. The number of hydrogen-bond donors (Lipinski definition) is 0. The fourth-order valence-corrected chi connectivity index (χ4v) is 2.84. The number of rotatable bonds is 6. The fourth-order valence-electron chi connectivity index (χ4n) is 0.896. The summed E-state index contributed by atoms with van der Waals surface area (Å²) in [5.74, 6) is 0.887. The number of halogens is 3. The molecule has 0 N–H and O–H groups in total. The summed E-state index contributed by atoms with van der Waals surface area (Å²) < 4.78 is 0. The van der Waals surface area contributed by atoms with E-state index in [1.807, 2.05) is 0 Å². The van der Waals surface area contributed by atoms with Gasteiger partial charge in [0.15, 0.2) is 0 Å². The Morgan fingerprint density at radius 1 is 0.700 bits per heavy atom. The van der Waals surface area contributed by atoms with Crippen LogP contribution in [0.5, 0.6) is 0 Å². The van der Waals surface area contributed by atoms with E-state index in [4.69, 9.17) is 0 Å². The first-order valence-electron chi connectivity index (χ1n) is 3.53. The molecule has 0 spiro atoms. The molecule has 0 aromatic rings. The molecule has 0 aromatic heterocycles. The van der Waals surface area contributed by atoms with Gasteiger partial charge in [0, 0.05) is 16.0 Å². The van der Waals surface area contributed by atoms with Crippen LogP contribution in [0.25, 0.3) is 0 Å². The zero-order valence-electron chi connectivity index (χ0n) is 5.95. The van der Waals surface area contributed by atoms with E-state index >= 15 is 0 Å². The van der Waals surface area contributed by atoms with Gasteiger partial charge in [0.05, 0.1) is 0 Å². The van der Waals surface area contributed by atoms with Crippen LogP contribution in [0, 0.1) is 5.92 Å². The smallest absolute Gasteiger partial charge is 0.00339 e. The lowest BCUT2D eigenvalue weighted by molar-refractivity contribution is 0.492. The van der Waals surface area contributed by atoms with E-state index in [1.54, 1.807) is 0 Å². The van der Waals surface area contributed by atoms with E-state index in [-0.39, 0.29) is 0 Å². The van der Waals surface area contributed by atoms with Crippen LogP contribution in [0.3, 0.4) is 0 Å². The second kappa shape index (κ2) is 8.54. The maximum absolute atomic E-state index is 3.46. The van der Waals surface area contributed by atoms with E-state index in [2.05, 4.69) is 47.8 Å². The van der Waals surface area contributed by atoms with Crippen molar-refractivity contribution in [3.05, 3.63) is 0 Å². The molecule has 62 valence electrons. The van der Waals surface area contributed by atoms with Gasteiger partial charge in [-0.25, -0.2) is 0 Å². The van der Waals surface area contributed by atoms with E-state index in [0.29, 0.717) is 0 Å². The van der Waals surface area contributed by atoms with Crippen molar-refractivity contribution in [3.8, 4) is 0 Å². The average molecular weight is 337 g/mol. The second-order valence-corrected chi connectivity index (χ2v) is 4.68. The van der Waals surface area contributed by atoms with Crippen molar-refractivity contribution in [2.45, 2.75) is 19.3 Å². The SMILES string of the molecule is BrCCC(CCBr)CCBr. The summed E-state index contributed by atoms with van der Waals surface area (Å²) in [5.41, 5.74) is 0. The Kier molecular flexibility index (Phi) is 9.76. The summed E-state index contributed by atoms with van der Waals surface area (Å²) in [4.78, 5) is 0. The van der Waals surface area contributed by atoms with Crippen molar-refractivity contribution in [1.82, 2.24) is 0 Å². The minimum atomic E-state index is 0.887. The van der Waals surface area contributed by atoms with Crippen LogP contribution in [0.15, 0.2) is 0 Å². The lowest BCUT2D eigenvalue weighted by Crippen LogP contribution is -2.02. The van der Waals surface area contributed by atoms with Crippen molar-refractivity contribution >= 4 is 47.8 Å². The minimum Gasteiger partial charge on any atom is -0.0928 e. The van der Waals surface area contributed by atoms with Gasteiger partial charge < -0.3 is 0 Å². The molecular weight excluding hydrogens is 324 g/mol. The zero-order chi connectivity index (χ0) is 7.82. The summed E-state index contributed by atoms with van der Waals surface area (Å²) in [5, 5.41) is 3.41. The normalized spacial score (nSPS) is 10.8. The third-order valence-corrected chi connectivity index (χ3v) is 2.93. The van der Waals surface area contributed by atoms with Gasteiger partial charge in [-0.1, -0.05) is 47.8 Å². The Labute approximate surface area is 88.5 Å². The lowest BCUT2D eigenvalue weighted by Gasteiger charge is -2.11. The minimum absolute atomic E-state index is 0.887. The highest BCUT2D eigenvalue weighted by atomic mass is 79.9. The first-order valence-corrected chi connectivity index (χ1v) is 6.89. The van der Waals surface area contributed by atoms with E-state index in [1.165, 1.54) is 19.3 Å². The van der Waals surface area contributed by atoms with Crippen molar-refractivity contribution in [1.29, 1.82) is 0 Å². The summed E-state index contributed by atoms with van der Waals surface area (Å²) in [6, 6.07) is 0. The van der Waals surface area contributed by atoms with Crippen LogP contribution in [-0.2, 0) is 0 Å². The number of alkyl halides is 3. The summed E-state index contributed by atoms with van der Waals surface area (Å²) in [6.45, 7) is 0. The monoisotopic (exact) mass is 334 g/mol. The van der Waals surface area contributed by atoms with Crippen molar-refractivity contribution in [3.63, 3.8) is 0 Å². The molecule has 0 unspecified atom stereocenters. The van der Waals surface area contributed by atoms with Gasteiger partial charge in [-0.3, -0.25) is 0 Å². The summed E-state index contributed by atoms with van der Waals surface area (Å²) in [7, 11) is 0. The second-order valence-electron chi connectivity index (χ2n) is 2.30. The molecule has 10 heavy (non-hydrogen) atoms. The van der Waals surface area contributed by atoms with E-state index in [9.17, 15) is 0 Å². The predicted octanol–water partition coefficient (Wildman–Crippen LogP) is 3.96. The van der Waals surface area contributed by atoms with Crippen LogP contribution in [0.4, 0.5) is 0 Å². The van der Waals surface area contributed by atoms with Crippen LogP contribution in [0.2, 0.25) is 0 Å². The molecule has 0 aromatic carbocycles.